The number of rotatable bonds is 8. The molecular formula is C22H31N5O2. The Kier molecular flexibility index (Phi) is 7.69. The van der Waals surface area contributed by atoms with Crippen LogP contribution < -0.4 is 16.0 Å². The highest BCUT2D eigenvalue weighted by atomic mass is 16.3. The maximum absolute atomic E-state index is 11.1. The Morgan fingerprint density at radius 1 is 1.17 bits per heavy atom. The Morgan fingerprint density at radius 3 is 2.55 bits per heavy atom. The van der Waals surface area contributed by atoms with Crippen molar-refractivity contribution in [3.63, 3.8) is 0 Å². The van der Waals surface area contributed by atoms with Crippen molar-refractivity contribution in [2.75, 3.05) is 38.5 Å². The predicted molar refractivity (Wildman–Crippen MR) is 116 cm³/mol. The average molecular weight is 398 g/mol. The lowest BCUT2D eigenvalue weighted by Crippen LogP contribution is -2.43. The van der Waals surface area contributed by atoms with Crippen LogP contribution in [-0.2, 0) is 11.2 Å². The SMILES string of the molecule is CN=C(NCCc1ccc(NC(C)=O)cc1)NCC(c1ccco1)N1CCCC1. The Hall–Kier alpha value is -2.80. The van der Waals surface area contributed by atoms with Crippen LogP contribution in [0.4, 0.5) is 5.69 Å². The molecule has 7 heteroatoms. The van der Waals surface area contributed by atoms with Crippen molar-refractivity contribution in [2.45, 2.75) is 32.2 Å². The van der Waals surface area contributed by atoms with Crippen LogP contribution in [0.25, 0.3) is 0 Å². The molecule has 1 atom stereocenters. The van der Waals surface area contributed by atoms with E-state index in [1.54, 1.807) is 13.3 Å². The minimum Gasteiger partial charge on any atom is -0.468 e. The lowest BCUT2D eigenvalue weighted by Gasteiger charge is -2.26. The van der Waals surface area contributed by atoms with Crippen molar-refractivity contribution in [1.82, 2.24) is 15.5 Å². The lowest BCUT2D eigenvalue weighted by atomic mass is 10.1. The quantitative estimate of drug-likeness (QED) is 0.471. The zero-order chi connectivity index (χ0) is 20.5. The molecule has 1 fully saturated rings. The van der Waals surface area contributed by atoms with Crippen LogP contribution in [0.15, 0.2) is 52.1 Å². The van der Waals surface area contributed by atoms with Gasteiger partial charge in [-0.15, -0.1) is 0 Å². The van der Waals surface area contributed by atoms with E-state index in [2.05, 4.69) is 25.8 Å². The number of nitrogens with zero attached hydrogens (tertiary/aromatic N) is 2. The second kappa shape index (κ2) is 10.7. The topological polar surface area (TPSA) is 81.9 Å². The summed E-state index contributed by atoms with van der Waals surface area (Å²) in [7, 11) is 1.79. The number of anilines is 1. The lowest BCUT2D eigenvalue weighted by molar-refractivity contribution is -0.114. The predicted octanol–water partition coefficient (Wildman–Crippen LogP) is 2.78. The molecule has 0 bridgehead atoms. The highest BCUT2D eigenvalue weighted by Crippen LogP contribution is 2.24. The summed E-state index contributed by atoms with van der Waals surface area (Å²) < 4.78 is 5.68. The zero-order valence-electron chi connectivity index (χ0n) is 17.3. The van der Waals surface area contributed by atoms with Gasteiger partial charge in [-0.1, -0.05) is 12.1 Å². The third-order valence-corrected chi connectivity index (χ3v) is 5.12. The van der Waals surface area contributed by atoms with Gasteiger partial charge in [0.15, 0.2) is 5.96 Å². The average Bonchev–Trinajstić information content (AvgIpc) is 3.42. The van der Waals surface area contributed by atoms with E-state index in [1.165, 1.54) is 25.3 Å². The summed E-state index contributed by atoms with van der Waals surface area (Å²) in [5.41, 5.74) is 2.02. The van der Waals surface area contributed by atoms with Gasteiger partial charge in [0.2, 0.25) is 5.91 Å². The fourth-order valence-electron chi connectivity index (χ4n) is 3.64. The number of carbonyl (C=O) groups excluding carboxylic acids is 1. The highest BCUT2D eigenvalue weighted by Gasteiger charge is 2.25. The number of likely N-dealkylation sites (tertiary alicyclic amines) is 1. The number of nitrogens with one attached hydrogen (secondary N) is 3. The number of carbonyl (C=O) groups is 1. The molecule has 0 spiro atoms. The third-order valence-electron chi connectivity index (χ3n) is 5.12. The number of amides is 1. The first-order chi connectivity index (χ1) is 14.2. The molecule has 1 aliphatic heterocycles. The number of aliphatic imine (C=N–C) groups is 1. The van der Waals surface area contributed by atoms with Crippen LogP contribution in [0, 0.1) is 0 Å². The van der Waals surface area contributed by atoms with E-state index in [0.29, 0.717) is 0 Å². The van der Waals surface area contributed by atoms with Gasteiger partial charge in [0.25, 0.3) is 0 Å². The van der Waals surface area contributed by atoms with Crippen LogP contribution in [0.5, 0.6) is 0 Å². The molecule has 0 saturated carbocycles. The van der Waals surface area contributed by atoms with Gasteiger partial charge in [-0.3, -0.25) is 14.7 Å². The van der Waals surface area contributed by atoms with E-state index >= 15 is 0 Å². The molecule has 2 heterocycles. The Morgan fingerprint density at radius 2 is 1.93 bits per heavy atom. The molecule has 1 saturated heterocycles. The van der Waals surface area contributed by atoms with Crippen molar-refractivity contribution < 1.29 is 9.21 Å². The number of benzene rings is 1. The van der Waals surface area contributed by atoms with Gasteiger partial charge in [0, 0.05) is 32.7 Å². The maximum atomic E-state index is 11.1. The van der Waals surface area contributed by atoms with Crippen LogP contribution in [0.3, 0.4) is 0 Å². The monoisotopic (exact) mass is 397 g/mol. The minimum absolute atomic E-state index is 0.0592. The van der Waals surface area contributed by atoms with E-state index in [9.17, 15) is 4.79 Å². The molecule has 1 aliphatic rings. The van der Waals surface area contributed by atoms with Gasteiger partial charge in [-0.25, -0.2) is 0 Å². The van der Waals surface area contributed by atoms with Crippen molar-refractivity contribution in [2.24, 2.45) is 4.99 Å². The van der Waals surface area contributed by atoms with Crippen molar-refractivity contribution >= 4 is 17.6 Å². The molecular weight excluding hydrogens is 366 g/mol. The smallest absolute Gasteiger partial charge is 0.221 e. The van der Waals surface area contributed by atoms with Crippen molar-refractivity contribution in [3.05, 3.63) is 54.0 Å². The Labute approximate surface area is 172 Å². The minimum atomic E-state index is -0.0592. The second-order valence-electron chi connectivity index (χ2n) is 7.28. The summed E-state index contributed by atoms with van der Waals surface area (Å²) in [6.45, 7) is 5.24. The molecule has 1 aromatic carbocycles. The summed E-state index contributed by atoms with van der Waals surface area (Å²) in [6.07, 6.45) is 5.09. The molecule has 1 unspecified atom stereocenters. The Balaban J connectivity index is 1.46. The Bertz CT molecular complexity index is 780. The molecule has 1 aromatic heterocycles. The third kappa shape index (κ3) is 6.35. The first-order valence-electron chi connectivity index (χ1n) is 10.2. The molecule has 156 valence electrons. The summed E-state index contributed by atoms with van der Waals surface area (Å²) in [5.74, 6) is 1.72. The molecule has 0 radical (unpaired) electrons. The van der Waals surface area contributed by atoms with Gasteiger partial charge < -0.3 is 20.4 Å². The number of guanidine groups is 1. The molecule has 3 rings (SSSR count). The first kappa shape index (κ1) is 20.9. The fraction of sp³-hybridized carbons (Fsp3) is 0.455. The number of hydrogen-bond donors (Lipinski definition) is 3. The van der Waals surface area contributed by atoms with Gasteiger partial charge in [-0.2, -0.15) is 0 Å². The van der Waals surface area contributed by atoms with E-state index in [0.717, 1.165) is 50.0 Å². The molecule has 1 amide bonds. The fourth-order valence-corrected chi connectivity index (χ4v) is 3.64. The van der Waals surface area contributed by atoms with Crippen LogP contribution >= 0.6 is 0 Å². The number of furan rings is 1. The van der Waals surface area contributed by atoms with Crippen LogP contribution in [-0.4, -0.2) is 50.0 Å². The highest BCUT2D eigenvalue weighted by molar-refractivity contribution is 5.88. The largest absolute Gasteiger partial charge is 0.468 e. The van der Waals surface area contributed by atoms with Gasteiger partial charge in [-0.05, 0) is 62.2 Å². The van der Waals surface area contributed by atoms with Gasteiger partial charge >= 0.3 is 0 Å². The molecule has 29 heavy (non-hydrogen) atoms. The van der Waals surface area contributed by atoms with Gasteiger partial charge in [0.05, 0.1) is 12.3 Å². The van der Waals surface area contributed by atoms with E-state index in [4.69, 9.17) is 4.42 Å². The number of hydrogen-bond acceptors (Lipinski definition) is 4. The van der Waals surface area contributed by atoms with Crippen LogP contribution in [0.2, 0.25) is 0 Å². The maximum Gasteiger partial charge on any atom is 0.221 e. The normalized spacial score (nSPS) is 15.9. The van der Waals surface area contributed by atoms with Crippen LogP contribution in [0.1, 0.15) is 37.1 Å². The molecule has 3 N–H and O–H groups in total. The first-order valence-corrected chi connectivity index (χ1v) is 10.2. The summed E-state index contributed by atoms with van der Waals surface area (Å²) in [5, 5.41) is 9.60. The van der Waals surface area contributed by atoms with Gasteiger partial charge in [0.1, 0.15) is 5.76 Å². The standard InChI is InChI=1S/C22H31N5O2/c1-17(28)26-19-9-7-18(8-10-19)11-12-24-22(23-2)25-16-20(21-6-5-15-29-21)27-13-3-4-14-27/h5-10,15,20H,3-4,11-14,16H2,1-2H3,(H,26,28)(H2,23,24,25). The van der Waals surface area contributed by atoms with Crippen molar-refractivity contribution in [1.29, 1.82) is 0 Å². The molecule has 7 nitrogen and oxygen atoms in total. The second-order valence-corrected chi connectivity index (χ2v) is 7.28. The van der Waals surface area contributed by atoms with Crippen molar-refractivity contribution in [3.8, 4) is 0 Å². The molecule has 2 aromatic rings. The van der Waals surface area contributed by atoms with E-state index in [1.807, 2.05) is 36.4 Å². The summed E-state index contributed by atoms with van der Waals surface area (Å²) >= 11 is 0. The molecule has 0 aliphatic carbocycles. The van der Waals surface area contributed by atoms with E-state index in [-0.39, 0.29) is 11.9 Å². The summed E-state index contributed by atoms with van der Waals surface area (Å²) in [4.78, 5) is 17.9. The van der Waals surface area contributed by atoms with E-state index < -0.39 is 0 Å². The zero-order valence-corrected chi connectivity index (χ0v) is 17.3. The summed E-state index contributed by atoms with van der Waals surface area (Å²) in [6, 6.07) is 12.1.